The third kappa shape index (κ3) is 3.39. The van der Waals surface area contributed by atoms with Crippen LogP contribution >= 0.6 is 0 Å². The number of rotatable bonds is 3. The fraction of sp³-hybridized carbons (Fsp3) is 0.400. The maximum Gasteiger partial charge on any atom is 0.244 e. The summed E-state index contributed by atoms with van der Waals surface area (Å²) < 4.78 is 32.5. The molecule has 3 heterocycles. The van der Waals surface area contributed by atoms with E-state index in [0.717, 1.165) is 5.69 Å². The Labute approximate surface area is 135 Å². The van der Waals surface area contributed by atoms with Crippen LogP contribution in [0.2, 0.25) is 0 Å². The van der Waals surface area contributed by atoms with Crippen LogP contribution < -0.4 is 0 Å². The van der Waals surface area contributed by atoms with E-state index in [-0.39, 0.29) is 11.4 Å². The largest absolute Gasteiger partial charge is 0.369 e. The third-order valence-corrected chi connectivity index (χ3v) is 5.47. The summed E-state index contributed by atoms with van der Waals surface area (Å²) in [5, 5.41) is 0. The van der Waals surface area contributed by atoms with Gasteiger partial charge in [0.1, 0.15) is 16.8 Å². The summed E-state index contributed by atoms with van der Waals surface area (Å²) in [7, 11) is -3.58. The molecule has 23 heavy (non-hydrogen) atoms. The molecule has 1 atom stereocenters. The van der Waals surface area contributed by atoms with Gasteiger partial charge in [-0.15, -0.1) is 0 Å². The maximum atomic E-state index is 12.7. The molecule has 0 amide bonds. The molecule has 3 rings (SSSR count). The molecule has 0 aromatic carbocycles. The first kappa shape index (κ1) is 16.0. The van der Waals surface area contributed by atoms with Crippen molar-refractivity contribution in [2.75, 3.05) is 19.7 Å². The van der Waals surface area contributed by atoms with Gasteiger partial charge in [0.2, 0.25) is 10.0 Å². The molecule has 0 bridgehead atoms. The lowest BCUT2D eigenvalue weighted by molar-refractivity contribution is -0.00513. The van der Waals surface area contributed by atoms with Crippen molar-refractivity contribution in [1.82, 2.24) is 19.3 Å². The summed E-state index contributed by atoms with van der Waals surface area (Å²) in [6.07, 6.45) is 2.52. The van der Waals surface area contributed by atoms with Crippen molar-refractivity contribution >= 4 is 10.0 Å². The molecular weight excluding hydrogens is 316 g/mol. The third-order valence-electron chi connectivity index (χ3n) is 3.62. The van der Waals surface area contributed by atoms with Crippen molar-refractivity contribution in [3.63, 3.8) is 0 Å². The predicted molar refractivity (Wildman–Crippen MR) is 83.2 cm³/mol. The Morgan fingerprint density at radius 1 is 1.30 bits per heavy atom. The second-order valence-corrected chi connectivity index (χ2v) is 7.33. The van der Waals surface area contributed by atoms with Crippen LogP contribution in [-0.4, -0.2) is 47.4 Å². The molecule has 0 unspecified atom stereocenters. The molecular formula is C15H18N4O3S. The smallest absolute Gasteiger partial charge is 0.244 e. The van der Waals surface area contributed by atoms with Crippen molar-refractivity contribution in [1.29, 1.82) is 0 Å². The number of morpholine rings is 1. The van der Waals surface area contributed by atoms with E-state index in [9.17, 15) is 8.42 Å². The number of hydrogen-bond donors (Lipinski definition) is 0. The molecule has 0 aliphatic carbocycles. The highest BCUT2D eigenvalue weighted by molar-refractivity contribution is 7.89. The zero-order valence-electron chi connectivity index (χ0n) is 13.0. The Bertz CT molecular complexity index is 775. The van der Waals surface area contributed by atoms with Gasteiger partial charge in [-0.3, -0.25) is 4.98 Å². The standard InChI is InChI=1S/C15H18N4O3S/c1-11-8-14(18-12(2)17-11)15-10-19(6-7-22-15)23(20,21)13-4-3-5-16-9-13/h3-5,8-9,15H,6-7,10H2,1-2H3/t15-/m0/s1. The van der Waals surface area contributed by atoms with Crippen LogP contribution in [0.1, 0.15) is 23.3 Å². The van der Waals surface area contributed by atoms with E-state index in [1.54, 1.807) is 18.3 Å². The molecule has 1 fully saturated rings. The lowest BCUT2D eigenvalue weighted by Gasteiger charge is -2.31. The van der Waals surface area contributed by atoms with Crippen LogP contribution in [0.15, 0.2) is 35.5 Å². The normalized spacial score (nSPS) is 19.7. The Morgan fingerprint density at radius 2 is 2.13 bits per heavy atom. The molecule has 0 saturated carbocycles. The van der Waals surface area contributed by atoms with Gasteiger partial charge in [-0.2, -0.15) is 4.31 Å². The summed E-state index contributed by atoms with van der Waals surface area (Å²) in [6.45, 7) is 4.56. The molecule has 8 heteroatoms. The minimum absolute atomic E-state index is 0.190. The Morgan fingerprint density at radius 3 is 2.83 bits per heavy atom. The van der Waals surface area contributed by atoms with Crippen LogP contribution in [0.5, 0.6) is 0 Å². The van der Waals surface area contributed by atoms with Crippen molar-refractivity contribution in [3.8, 4) is 0 Å². The number of sulfonamides is 1. The van der Waals surface area contributed by atoms with E-state index in [1.165, 1.54) is 10.5 Å². The minimum Gasteiger partial charge on any atom is -0.369 e. The average Bonchev–Trinajstić information content (AvgIpc) is 2.55. The Kier molecular flexibility index (Phi) is 4.38. The van der Waals surface area contributed by atoms with Gasteiger partial charge in [0.25, 0.3) is 0 Å². The minimum atomic E-state index is -3.58. The van der Waals surface area contributed by atoms with Crippen molar-refractivity contribution in [2.24, 2.45) is 0 Å². The van der Waals surface area contributed by atoms with Gasteiger partial charge in [-0.1, -0.05) is 0 Å². The monoisotopic (exact) mass is 334 g/mol. The topological polar surface area (TPSA) is 85.3 Å². The van der Waals surface area contributed by atoms with Gasteiger partial charge in [-0.25, -0.2) is 18.4 Å². The molecule has 122 valence electrons. The highest BCUT2D eigenvalue weighted by Crippen LogP contribution is 2.25. The van der Waals surface area contributed by atoms with Crippen molar-refractivity contribution in [3.05, 3.63) is 47.8 Å². The fourth-order valence-electron chi connectivity index (χ4n) is 2.58. The number of ether oxygens (including phenoxy) is 1. The van der Waals surface area contributed by atoms with Gasteiger partial charge in [0, 0.05) is 31.2 Å². The highest BCUT2D eigenvalue weighted by Gasteiger charge is 2.32. The molecule has 7 nitrogen and oxygen atoms in total. The molecule has 2 aromatic rings. The van der Waals surface area contributed by atoms with E-state index in [4.69, 9.17) is 4.74 Å². The van der Waals surface area contributed by atoms with Crippen molar-refractivity contribution < 1.29 is 13.2 Å². The highest BCUT2D eigenvalue weighted by atomic mass is 32.2. The Hall–Kier alpha value is -1.90. The quantitative estimate of drug-likeness (QED) is 0.840. The Balaban J connectivity index is 1.86. The number of aromatic nitrogens is 3. The first-order valence-electron chi connectivity index (χ1n) is 7.31. The molecule has 0 radical (unpaired) electrons. The second kappa shape index (κ2) is 6.31. The van der Waals surface area contributed by atoms with Gasteiger partial charge in [0.15, 0.2) is 0 Å². The lowest BCUT2D eigenvalue weighted by Crippen LogP contribution is -2.42. The fourth-order valence-corrected chi connectivity index (χ4v) is 3.97. The van der Waals surface area contributed by atoms with Gasteiger partial charge < -0.3 is 4.74 Å². The van der Waals surface area contributed by atoms with E-state index in [1.807, 2.05) is 19.9 Å². The first-order valence-corrected chi connectivity index (χ1v) is 8.75. The summed E-state index contributed by atoms with van der Waals surface area (Å²) >= 11 is 0. The van der Waals surface area contributed by atoms with E-state index < -0.39 is 16.1 Å². The van der Waals surface area contributed by atoms with Crippen molar-refractivity contribution in [2.45, 2.75) is 24.8 Å². The van der Waals surface area contributed by atoms with E-state index in [0.29, 0.717) is 24.7 Å². The number of hydrogen-bond acceptors (Lipinski definition) is 6. The second-order valence-electron chi connectivity index (χ2n) is 5.39. The molecule has 0 spiro atoms. The molecule has 0 N–H and O–H groups in total. The zero-order chi connectivity index (χ0) is 16.4. The maximum absolute atomic E-state index is 12.7. The SMILES string of the molecule is Cc1cc([C@@H]2CN(S(=O)(=O)c3cccnc3)CCO2)nc(C)n1. The van der Waals surface area contributed by atoms with Gasteiger partial charge >= 0.3 is 0 Å². The molecule has 1 aliphatic rings. The molecule has 1 saturated heterocycles. The number of nitrogens with zero attached hydrogens (tertiary/aromatic N) is 4. The van der Waals surface area contributed by atoms with Crippen LogP contribution in [0.25, 0.3) is 0 Å². The number of aryl methyl sites for hydroxylation is 2. The van der Waals surface area contributed by atoms with Crippen LogP contribution in [0.4, 0.5) is 0 Å². The van der Waals surface area contributed by atoms with E-state index >= 15 is 0 Å². The van der Waals surface area contributed by atoms with E-state index in [2.05, 4.69) is 15.0 Å². The first-order chi connectivity index (χ1) is 11.0. The van der Waals surface area contributed by atoms with Crippen LogP contribution in [0, 0.1) is 13.8 Å². The summed E-state index contributed by atoms with van der Waals surface area (Å²) in [5.74, 6) is 0.649. The summed E-state index contributed by atoms with van der Waals surface area (Å²) in [6, 6.07) is 4.99. The summed E-state index contributed by atoms with van der Waals surface area (Å²) in [4.78, 5) is 12.7. The average molecular weight is 334 g/mol. The molecule has 1 aliphatic heterocycles. The zero-order valence-corrected chi connectivity index (χ0v) is 13.8. The predicted octanol–water partition coefficient (Wildman–Crippen LogP) is 1.25. The molecule has 2 aromatic heterocycles. The van der Waals surface area contributed by atoms with Gasteiger partial charge in [0.05, 0.1) is 12.3 Å². The number of pyridine rings is 1. The van der Waals surface area contributed by atoms with Crippen LogP contribution in [0.3, 0.4) is 0 Å². The van der Waals surface area contributed by atoms with Crippen LogP contribution in [-0.2, 0) is 14.8 Å². The lowest BCUT2D eigenvalue weighted by atomic mass is 10.2. The summed E-state index contributed by atoms with van der Waals surface area (Å²) in [5.41, 5.74) is 1.55. The van der Waals surface area contributed by atoms with Gasteiger partial charge in [-0.05, 0) is 32.0 Å².